The molecule has 4 heteroatoms. The second kappa shape index (κ2) is 8.32. The van der Waals surface area contributed by atoms with Crippen molar-refractivity contribution in [3.05, 3.63) is 89.5 Å². The highest BCUT2D eigenvalue weighted by molar-refractivity contribution is 6.07. The maximum atomic E-state index is 12.7. The molecule has 0 fully saturated rings. The molecule has 0 aliphatic heterocycles. The first-order valence-electron chi connectivity index (χ1n) is 8.83. The monoisotopic (exact) mass is 359 g/mol. The molecule has 3 rings (SSSR count). The molecule has 4 nitrogen and oxygen atoms in total. The van der Waals surface area contributed by atoms with Gasteiger partial charge in [0.25, 0.3) is 5.91 Å². The normalized spacial score (nSPS) is 10.3. The third-order valence-electron chi connectivity index (χ3n) is 4.23. The highest BCUT2D eigenvalue weighted by Crippen LogP contribution is 2.32. The molecular weight excluding hydrogens is 338 g/mol. The highest BCUT2D eigenvalue weighted by atomic mass is 16.5. The Labute approximate surface area is 158 Å². The lowest BCUT2D eigenvalue weighted by Crippen LogP contribution is -2.14. The molecule has 0 heterocycles. The fourth-order valence-corrected chi connectivity index (χ4v) is 2.88. The Kier molecular flexibility index (Phi) is 5.67. The molecule has 0 saturated carbocycles. The average Bonchev–Trinajstić information content (AvgIpc) is 2.70. The van der Waals surface area contributed by atoms with Gasteiger partial charge in [0.2, 0.25) is 0 Å². The summed E-state index contributed by atoms with van der Waals surface area (Å²) in [4.78, 5) is 24.9. The van der Waals surface area contributed by atoms with E-state index in [2.05, 4.69) is 5.32 Å². The van der Waals surface area contributed by atoms with E-state index in [1.54, 1.807) is 25.1 Å². The van der Waals surface area contributed by atoms with Crippen LogP contribution in [0.1, 0.15) is 33.2 Å². The van der Waals surface area contributed by atoms with Crippen LogP contribution in [0.4, 0.5) is 5.69 Å². The van der Waals surface area contributed by atoms with E-state index in [9.17, 15) is 9.59 Å². The predicted molar refractivity (Wildman–Crippen MR) is 107 cm³/mol. The lowest BCUT2D eigenvalue weighted by molar-refractivity contribution is 0.0525. The molecule has 136 valence electrons. The molecule has 0 unspecified atom stereocenters. The molecule has 0 saturated heterocycles. The first kappa shape index (κ1) is 18.4. The quantitative estimate of drug-likeness (QED) is 0.646. The van der Waals surface area contributed by atoms with Crippen LogP contribution in [0.5, 0.6) is 0 Å². The Morgan fingerprint density at radius 2 is 1.56 bits per heavy atom. The van der Waals surface area contributed by atoms with E-state index >= 15 is 0 Å². The number of rotatable bonds is 5. The van der Waals surface area contributed by atoms with E-state index in [1.807, 2.05) is 61.5 Å². The molecular formula is C23H21NO3. The van der Waals surface area contributed by atoms with Crippen molar-refractivity contribution in [2.75, 3.05) is 11.9 Å². The summed E-state index contributed by atoms with van der Waals surface area (Å²) < 4.78 is 5.15. The predicted octanol–water partition coefficient (Wildman–Crippen LogP) is 5.09. The van der Waals surface area contributed by atoms with E-state index in [0.717, 1.165) is 16.7 Å². The number of carbonyl (C=O) groups is 2. The zero-order valence-corrected chi connectivity index (χ0v) is 15.4. The van der Waals surface area contributed by atoms with Crippen LogP contribution in [0.3, 0.4) is 0 Å². The van der Waals surface area contributed by atoms with Gasteiger partial charge in [-0.05, 0) is 49.2 Å². The Bertz CT molecular complexity index is 950. The van der Waals surface area contributed by atoms with Crippen LogP contribution in [0.2, 0.25) is 0 Å². The van der Waals surface area contributed by atoms with Gasteiger partial charge in [0.15, 0.2) is 0 Å². The number of nitrogens with one attached hydrogen (secondary N) is 1. The largest absolute Gasteiger partial charge is 0.462 e. The summed E-state index contributed by atoms with van der Waals surface area (Å²) in [7, 11) is 0. The fourth-order valence-electron chi connectivity index (χ4n) is 2.88. The first-order chi connectivity index (χ1) is 13.1. The lowest BCUT2D eigenvalue weighted by atomic mass is 9.97. The third kappa shape index (κ3) is 4.23. The van der Waals surface area contributed by atoms with Crippen LogP contribution in [0, 0.1) is 6.92 Å². The molecule has 0 atom stereocenters. The Morgan fingerprint density at radius 1 is 0.926 bits per heavy atom. The number of amides is 1. The standard InChI is InChI=1S/C23H21NO3/c1-3-27-23(26)19-15-21(24-22(25)18-12-8-5-9-13-18)20(14-16(19)2)17-10-6-4-7-11-17/h4-15H,3H2,1-2H3,(H,24,25). The number of hydrogen-bond acceptors (Lipinski definition) is 3. The van der Waals surface area contributed by atoms with Crippen LogP contribution in [-0.4, -0.2) is 18.5 Å². The summed E-state index contributed by atoms with van der Waals surface area (Å²) in [6, 6.07) is 22.3. The maximum Gasteiger partial charge on any atom is 0.338 e. The van der Waals surface area contributed by atoms with Crippen LogP contribution < -0.4 is 5.32 Å². The SMILES string of the molecule is CCOC(=O)c1cc(NC(=O)c2ccccc2)c(-c2ccccc2)cc1C. The summed E-state index contributed by atoms with van der Waals surface area (Å²) in [6.07, 6.45) is 0. The molecule has 0 radical (unpaired) electrons. The molecule has 3 aromatic carbocycles. The molecule has 3 aromatic rings. The van der Waals surface area contributed by atoms with Crippen molar-refractivity contribution in [3.8, 4) is 11.1 Å². The van der Waals surface area contributed by atoms with Gasteiger partial charge in [-0.2, -0.15) is 0 Å². The number of hydrogen-bond donors (Lipinski definition) is 1. The van der Waals surface area contributed by atoms with Crippen LogP contribution in [0.15, 0.2) is 72.8 Å². The number of benzene rings is 3. The highest BCUT2D eigenvalue weighted by Gasteiger charge is 2.17. The molecule has 0 aliphatic carbocycles. The van der Waals surface area contributed by atoms with Crippen molar-refractivity contribution in [2.24, 2.45) is 0 Å². The van der Waals surface area contributed by atoms with Gasteiger partial charge in [0.1, 0.15) is 0 Å². The molecule has 0 spiro atoms. The van der Waals surface area contributed by atoms with E-state index in [0.29, 0.717) is 23.4 Å². The van der Waals surface area contributed by atoms with Gasteiger partial charge in [-0.1, -0.05) is 48.5 Å². The number of aryl methyl sites for hydroxylation is 1. The summed E-state index contributed by atoms with van der Waals surface area (Å²) >= 11 is 0. The van der Waals surface area contributed by atoms with Gasteiger partial charge in [-0.3, -0.25) is 4.79 Å². The smallest absolute Gasteiger partial charge is 0.338 e. The minimum Gasteiger partial charge on any atom is -0.462 e. The Morgan fingerprint density at radius 3 is 2.19 bits per heavy atom. The van der Waals surface area contributed by atoms with Crippen LogP contribution in [-0.2, 0) is 4.74 Å². The maximum absolute atomic E-state index is 12.7. The van der Waals surface area contributed by atoms with E-state index in [4.69, 9.17) is 4.74 Å². The summed E-state index contributed by atoms with van der Waals surface area (Å²) in [5.41, 5.74) is 4.17. The van der Waals surface area contributed by atoms with Gasteiger partial charge < -0.3 is 10.1 Å². The first-order valence-corrected chi connectivity index (χ1v) is 8.83. The number of carbonyl (C=O) groups excluding carboxylic acids is 2. The van der Waals surface area contributed by atoms with Gasteiger partial charge in [-0.25, -0.2) is 4.79 Å². The summed E-state index contributed by atoms with van der Waals surface area (Å²) in [5, 5.41) is 2.94. The van der Waals surface area contributed by atoms with Gasteiger partial charge >= 0.3 is 5.97 Å². The van der Waals surface area contributed by atoms with E-state index < -0.39 is 5.97 Å². The van der Waals surface area contributed by atoms with Gasteiger partial charge in [0.05, 0.1) is 12.2 Å². The molecule has 0 aromatic heterocycles. The number of ether oxygens (including phenoxy) is 1. The van der Waals surface area contributed by atoms with Crippen molar-refractivity contribution in [1.82, 2.24) is 0 Å². The van der Waals surface area contributed by atoms with Gasteiger partial charge in [0, 0.05) is 16.8 Å². The Hall–Kier alpha value is -3.40. The third-order valence-corrected chi connectivity index (χ3v) is 4.23. The zero-order chi connectivity index (χ0) is 19.2. The zero-order valence-electron chi connectivity index (χ0n) is 15.4. The van der Waals surface area contributed by atoms with Crippen molar-refractivity contribution >= 4 is 17.6 Å². The van der Waals surface area contributed by atoms with Gasteiger partial charge in [-0.15, -0.1) is 0 Å². The molecule has 27 heavy (non-hydrogen) atoms. The minimum atomic E-state index is -0.398. The van der Waals surface area contributed by atoms with E-state index in [1.165, 1.54) is 0 Å². The van der Waals surface area contributed by atoms with Crippen LogP contribution in [0.25, 0.3) is 11.1 Å². The molecule has 0 aliphatic rings. The average molecular weight is 359 g/mol. The summed E-state index contributed by atoms with van der Waals surface area (Å²) in [5.74, 6) is -0.628. The number of anilines is 1. The fraction of sp³-hybridized carbons (Fsp3) is 0.130. The lowest BCUT2D eigenvalue weighted by Gasteiger charge is -2.15. The van der Waals surface area contributed by atoms with Crippen molar-refractivity contribution < 1.29 is 14.3 Å². The van der Waals surface area contributed by atoms with Crippen LogP contribution >= 0.6 is 0 Å². The van der Waals surface area contributed by atoms with Crippen molar-refractivity contribution in [1.29, 1.82) is 0 Å². The second-order valence-corrected chi connectivity index (χ2v) is 6.12. The topological polar surface area (TPSA) is 55.4 Å². The van der Waals surface area contributed by atoms with Crippen molar-refractivity contribution in [2.45, 2.75) is 13.8 Å². The molecule has 1 amide bonds. The minimum absolute atomic E-state index is 0.230. The Balaban J connectivity index is 2.06. The second-order valence-electron chi connectivity index (χ2n) is 6.12. The van der Waals surface area contributed by atoms with Crippen molar-refractivity contribution in [3.63, 3.8) is 0 Å². The van der Waals surface area contributed by atoms with E-state index in [-0.39, 0.29) is 5.91 Å². The summed E-state index contributed by atoms with van der Waals surface area (Å²) in [6.45, 7) is 3.93. The molecule has 1 N–H and O–H groups in total. The number of esters is 1. The molecule has 0 bridgehead atoms.